The van der Waals surface area contributed by atoms with Crippen molar-refractivity contribution in [2.45, 2.75) is 5.03 Å². The molecule has 3 rings (SSSR count). The van der Waals surface area contributed by atoms with Gasteiger partial charge in [0.15, 0.2) is 5.82 Å². The minimum Gasteiger partial charge on any atom is -0.314 e. The smallest absolute Gasteiger partial charge is 0.166 e. The van der Waals surface area contributed by atoms with E-state index in [1.165, 1.54) is 5.69 Å². The van der Waals surface area contributed by atoms with Gasteiger partial charge in [0.05, 0.1) is 5.88 Å². The Morgan fingerprint density at radius 2 is 1.87 bits per heavy atom. The molecule has 1 aromatic carbocycles. The Bertz CT molecular complexity index is 472. The van der Waals surface area contributed by atoms with E-state index < -0.39 is 0 Å². The summed E-state index contributed by atoms with van der Waals surface area (Å²) in [5, 5.41) is 1.02. The third kappa shape index (κ3) is 1.47. The van der Waals surface area contributed by atoms with Crippen LogP contribution >= 0.6 is 11.8 Å². The molecule has 1 aliphatic heterocycles. The number of hydrogen-bond donors (Lipinski definition) is 0. The first-order chi connectivity index (χ1) is 7.45. The molecule has 2 heterocycles. The number of aromatic nitrogens is 2. The zero-order valence-electron chi connectivity index (χ0n) is 8.00. The zero-order chi connectivity index (χ0) is 10.1. The lowest BCUT2D eigenvalue weighted by molar-refractivity contribution is 1.02. The fraction of sp³-hybridized carbons (Fsp3) is 0.0909. The highest BCUT2D eigenvalue weighted by molar-refractivity contribution is 7.99. The Kier molecular flexibility index (Phi) is 2.07. The molecular formula is C11H9N3S. The first kappa shape index (κ1) is 8.73. The van der Waals surface area contributed by atoms with Gasteiger partial charge in [-0.05, 0) is 12.1 Å². The Hall–Kier alpha value is -1.55. The zero-order valence-corrected chi connectivity index (χ0v) is 8.81. The topological polar surface area (TPSA) is 29.0 Å². The maximum absolute atomic E-state index is 4.36. The third-order valence-electron chi connectivity index (χ3n) is 2.30. The number of nitrogens with zero attached hydrogens (tertiary/aromatic N) is 3. The SMILES string of the molecule is c1ccc(N2CSc3nccnc32)cc1. The average Bonchev–Trinajstić information content (AvgIpc) is 2.74. The second-order valence-electron chi connectivity index (χ2n) is 3.22. The van der Waals surface area contributed by atoms with Gasteiger partial charge in [0.2, 0.25) is 0 Å². The minimum absolute atomic E-state index is 0.892. The van der Waals surface area contributed by atoms with E-state index >= 15 is 0 Å². The largest absolute Gasteiger partial charge is 0.314 e. The van der Waals surface area contributed by atoms with E-state index in [9.17, 15) is 0 Å². The van der Waals surface area contributed by atoms with Gasteiger partial charge in [-0.3, -0.25) is 0 Å². The molecule has 15 heavy (non-hydrogen) atoms. The second kappa shape index (κ2) is 3.55. The number of benzene rings is 1. The molecule has 0 fully saturated rings. The molecule has 2 aromatic rings. The molecule has 74 valence electrons. The summed E-state index contributed by atoms with van der Waals surface area (Å²) < 4.78 is 0. The standard InChI is InChI=1S/C11H9N3S/c1-2-4-9(5-3-1)14-8-15-11-10(14)12-6-7-13-11/h1-7H,8H2. The van der Waals surface area contributed by atoms with Gasteiger partial charge in [-0.15, -0.1) is 0 Å². The van der Waals surface area contributed by atoms with Crippen LogP contribution in [0, 0.1) is 0 Å². The monoisotopic (exact) mass is 215 g/mol. The molecule has 0 bridgehead atoms. The lowest BCUT2D eigenvalue weighted by Gasteiger charge is -2.16. The van der Waals surface area contributed by atoms with Gasteiger partial charge < -0.3 is 4.90 Å². The lowest BCUT2D eigenvalue weighted by atomic mass is 10.3. The molecule has 1 aromatic heterocycles. The normalized spacial score (nSPS) is 14.0. The summed E-state index contributed by atoms with van der Waals surface area (Å²) in [6, 6.07) is 10.3. The van der Waals surface area contributed by atoms with E-state index in [1.54, 1.807) is 24.2 Å². The van der Waals surface area contributed by atoms with E-state index in [2.05, 4.69) is 27.0 Å². The molecule has 0 saturated carbocycles. The van der Waals surface area contributed by atoms with Gasteiger partial charge >= 0.3 is 0 Å². The van der Waals surface area contributed by atoms with Crippen LogP contribution in [0.25, 0.3) is 0 Å². The maximum atomic E-state index is 4.36. The molecule has 0 spiro atoms. The molecule has 1 aliphatic rings. The predicted molar refractivity (Wildman–Crippen MR) is 61.3 cm³/mol. The minimum atomic E-state index is 0.892. The average molecular weight is 215 g/mol. The Balaban J connectivity index is 2.05. The van der Waals surface area contributed by atoms with Crippen molar-refractivity contribution in [2.24, 2.45) is 0 Å². The van der Waals surface area contributed by atoms with E-state index in [4.69, 9.17) is 0 Å². The highest BCUT2D eigenvalue weighted by Gasteiger charge is 2.22. The van der Waals surface area contributed by atoms with E-state index in [1.807, 2.05) is 18.2 Å². The van der Waals surface area contributed by atoms with Crippen molar-refractivity contribution in [1.82, 2.24) is 9.97 Å². The Morgan fingerprint density at radius 3 is 2.73 bits per heavy atom. The maximum Gasteiger partial charge on any atom is 0.166 e. The van der Waals surface area contributed by atoms with Crippen LogP contribution in [0.2, 0.25) is 0 Å². The van der Waals surface area contributed by atoms with Crippen molar-refractivity contribution in [1.29, 1.82) is 0 Å². The summed E-state index contributed by atoms with van der Waals surface area (Å²) in [4.78, 5) is 10.8. The number of para-hydroxylation sites is 1. The van der Waals surface area contributed by atoms with Crippen molar-refractivity contribution in [3.05, 3.63) is 42.7 Å². The van der Waals surface area contributed by atoms with Gasteiger partial charge in [0, 0.05) is 18.1 Å². The molecule has 0 N–H and O–H groups in total. The number of fused-ring (bicyclic) bond motifs is 1. The molecule has 0 unspecified atom stereocenters. The Morgan fingerprint density at radius 1 is 1.07 bits per heavy atom. The second-order valence-corrected chi connectivity index (χ2v) is 4.16. The van der Waals surface area contributed by atoms with Crippen molar-refractivity contribution in [3.63, 3.8) is 0 Å². The van der Waals surface area contributed by atoms with Crippen molar-refractivity contribution >= 4 is 23.3 Å². The fourth-order valence-corrected chi connectivity index (χ4v) is 2.55. The predicted octanol–water partition coefficient (Wildman–Crippen LogP) is 2.68. The molecule has 0 atom stereocenters. The van der Waals surface area contributed by atoms with Crippen LogP contribution in [0.15, 0.2) is 47.8 Å². The summed E-state index contributed by atoms with van der Waals surface area (Å²) in [5.74, 6) is 1.86. The van der Waals surface area contributed by atoms with Gasteiger partial charge in [0.1, 0.15) is 5.03 Å². The fourth-order valence-electron chi connectivity index (χ4n) is 1.60. The highest BCUT2D eigenvalue weighted by Crippen LogP contribution is 2.39. The van der Waals surface area contributed by atoms with Crippen molar-refractivity contribution in [2.75, 3.05) is 10.8 Å². The van der Waals surface area contributed by atoms with E-state index in [-0.39, 0.29) is 0 Å². The quantitative estimate of drug-likeness (QED) is 0.731. The Labute approximate surface area is 92.2 Å². The van der Waals surface area contributed by atoms with E-state index in [0.717, 1.165) is 16.7 Å². The first-order valence-corrected chi connectivity index (χ1v) is 5.70. The third-order valence-corrected chi connectivity index (χ3v) is 3.25. The number of hydrogen-bond acceptors (Lipinski definition) is 4. The van der Waals surface area contributed by atoms with Crippen LogP contribution in [-0.2, 0) is 0 Å². The molecule has 0 saturated heterocycles. The summed E-state index contributed by atoms with van der Waals surface area (Å²) in [5.41, 5.74) is 1.17. The van der Waals surface area contributed by atoms with Crippen LogP contribution < -0.4 is 4.90 Å². The number of rotatable bonds is 1. The molecule has 3 nitrogen and oxygen atoms in total. The van der Waals surface area contributed by atoms with Crippen LogP contribution in [0.4, 0.5) is 11.5 Å². The van der Waals surface area contributed by atoms with Crippen LogP contribution in [0.1, 0.15) is 0 Å². The van der Waals surface area contributed by atoms with Crippen LogP contribution in [-0.4, -0.2) is 15.8 Å². The highest BCUT2D eigenvalue weighted by atomic mass is 32.2. The van der Waals surface area contributed by atoms with Crippen molar-refractivity contribution in [3.8, 4) is 0 Å². The van der Waals surface area contributed by atoms with Gasteiger partial charge in [-0.25, -0.2) is 9.97 Å². The summed E-state index contributed by atoms with van der Waals surface area (Å²) in [6.07, 6.45) is 3.47. The molecule has 0 aliphatic carbocycles. The summed E-state index contributed by atoms with van der Waals surface area (Å²) in [7, 11) is 0. The van der Waals surface area contributed by atoms with Crippen LogP contribution in [0.3, 0.4) is 0 Å². The van der Waals surface area contributed by atoms with Gasteiger partial charge in [-0.2, -0.15) is 0 Å². The number of thioether (sulfide) groups is 1. The van der Waals surface area contributed by atoms with Crippen LogP contribution in [0.5, 0.6) is 0 Å². The van der Waals surface area contributed by atoms with Gasteiger partial charge in [-0.1, -0.05) is 30.0 Å². The molecular weight excluding hydrogens is 206 g/mol. The molecule has 4 heteroatoms. The summed E-state index contributed by atoms with van der Waals surface area (Å²) in [6.45, 7) is 0. The number of anilines is 2. The molecule has 0 amide bonds. The molecule has 0 radical (unpaired) electrons. The lowest BCUT2D eigenvalue weighted by Crippen LogP contribution is -2.12. The summed E-state index contributed by atoms with van der Waals surface area (Å²) >= 11 is 1.72. The van der Waals surface area contributed by atoms with Crippen molar-refractivity contribution < 1.29 is 0 Å². The first-order valence-electron chi connectivity index (χ1n) is 4.71. The van der Waals surface area contributed by atoms with Gasteiger partial charge in [0.25, 0.3) is 0 Å². The van der Waals surface area contributed by atoms with E-state index in [0.29, 0.717) is 0 Å².